The van der Waals surface area contributed by atoms with Gasteiger partial charge >= 0.3 is 0 Å². The summed E-state index contributed by atoms with van der Waals surface area (Å²) in [6, 6.07) is 4.90. The number of amides is 2. The molecule has 2 amide bonds. The predicted molar refractivity (Wildman–Crippen MR) is 132 cm³/mol. The van der Waals surface area contributed by atoms with E-state index >= 15 is 0 Å². The Labute approximate surface area is 206 Å². The molecular formula is C22H26BrClN6O3. The second kappa shape index (κ2) is 11.4. The van der Waals surface area contributed by atoms with Gasteiger partial charge in [-0.1, -0.05) is 17.7 Å². The van der Waals surface area contributed by atoms with Crippen molar-refractivity contribution >= 4 is 51.0 Å². The topological polar surface area (TPSA) is 99.7 Å². The molecule has 1 aromatic heterocycles. The number of rotatable bonds is 8. The van der Waals surface area contributed by atoms with E-state index in [9.17, 15) is 9.59 Å². The van der Waals surface area contributed by atoms with Gasteiger partial charge in [-0.15, -0.1) is 0 Å². The number of likely N-dealkylation sites (tertiary alicyclic amines) is 1. The Morgan fingerprint density at radius 2 is 2.18 bits per heavy atom. The van der Waals surface area contributed by atoms with Crippen molar-refractivity contribution in [2.45, 2.75) is 12.5 Å². The van der Waals surface area contributed by atoms with Gasteiger partial charge in [0.05, 0.1) is 28.5 Å². The first-order valence-corrected chi connectivity index (χ1v) is 11.5. The molecule has 33 heavy (non-hydrogen) atoms. The number of ether oxygens (including phenoxy) is 1. The van der Waals surface area contributed by atoms with Gasteiger partial charge in [-0.2, -0.15) is 4.98 Å². The highest BCUT2D eigenvalue weighted by atomic mass is 79.9. The van der Waals surface area contributed by atoms with Gasteiger partial charge in [0.2, 0.25) is 17.7 Å². The number of nitrogens with one attached hydrogen (secondary N) is 2. The summed E-state index contributed by atoms with van der Waals surface area (Å²) in [7, 11) is 5.37. The van der Waals surface area contributed by atoms with Crippen LogP contribution in [0.5, 0.6) is 5.88 Å². The Kier molecular flexibility index (Phi) is 8.65. The monoisotopic (exact) mass is 536 g/mol. The van der Waals surface area contributed by atoms with Crippen LogP contribution in [0.25, 0.3) is 0 Å². The molecule has 1 aliphatic heterocycles. The summed E-state index contributed by atoms with van der Waals surface area (Å²) in [5.74, 6) is 0.475. The van der Waals surface area contributed by atoms with Crippen molar-refractivity contribution in [3.8, 4) is 5.88 Å². The number of methoxy groups -OCH3 is 1. The maximum absolute atomic E-state index is 13.0. The number of nitrogens with zero attached hydrogens (tertiary/aromatic N) is 4. The van der Waals surface area contributed by atoms with Gasteiger partial charge in [0, 0.05) is 37.3 Å². The molecule has 0 aliphatic carbocycles. The van der Waals surface area contributed by atoms with Crippen LogP contribution in [0.3, 0.4) is 0 Å². The van der Waals surface area contributed by atoms with Crippen molar-refractivity contribution in [3.63, 3.8) is 0 Å². The lowest BCUT2D eigenvalue weighted by atomic mass is 10.1. The molecule has 2 heterocycles. The molecule has 3 rings (SSSR count). The van der Waals surface area contributed by atoms with E-state index in [1.807, 2.05) is 19.0 Å². The van der Waals surface area contributed by atoms with Crippen LogP contribution in [0, 0.1) is 0 Å². The Hall–Kier alpha value is -2.69. The first kappa shape index (κ1) is 24.9. The van der Waals surface area contributed by atoms with Crippen LogP contribution >= 0.6 is 27.5 Å². The number of hydrogen-bond donors (Lipinski definition) is 2. The molecule has 1 aromatic carbocycles. The van der Waals surface area contributed by atoms with Gasteiger partial charge in [0.25, 0.3) is 5.91 Å². The molecular weight excluding hydrogens is 512 g/mol. The third-order valence-corrected chi connectivity index (χ3v) is 5.78. The number of anilines is 2. The van der Waals surface area contributed by atoms with Crippen molar-refractivity contribution in [2.75, 3.05) is 51.5 Å². The zero-order valence-corrected chi connectivity index (χ0v) is 21.0. The van der Waals surface area contributed by atoms with E-state index in [2.05, 4.69) is 36.5 Å². The standard InChI is InChI=1S/C22H26BrClN6O3/c1-29(2)9-4-5-19(31)27-18-7-6-14(11-17(18)24)21(32)30-10-8-15(13-30)26-22-25-12-16(23)20(28-22)33-3/h4-7,11-12,15H,8-10,13H2,1-3H3,(H,27,31)(H,25,26,28)/b5-4+/t15-/m1/s1. The lowest BCUT2D eigenvalue weighted by molar-refractivity contribution is -0.111. The summed E-state index contributed by atoms with van der Waals surface area (Å²) in [6.07, 6.45) is 5.59. The number of halogens is 2. The summed E-state index contributed by atoms with van der Waals surface area (Å²) in [5.41, 5.74) is 0.915. The molecule has 0 bridgehead atoms. The van der Waals surface area contributed by atoms with Crippen LogP contribution in [0.2, 0.25) is 5.02 Å². The second-order valence-electron chi connectivity index (χ2n) is 7.78. The summed E-state index contributed by atoms with van der Waals surface area (Å²) >= 11 is 9.65. The Morgan fingerprint density at radius 3 is 2.88 bits per heavy atom. The van der Waals surface area contributed by atoms with Crippen LogP contribution < -0.4 is 15.4 Å². The molecule has 176 valence electrons. The molecule has 11 heteroatoms. The Bertz CT molecular complexity index is 1050. The van der Waals surface area contributed by atoms with E-state index in [4.69, 9.17) is 16.3 Å². The van der Waals surface area contributed by atoms with Crippen molar-refractivity contribution in [3.05, 3.63) is 51.6 Å². The fraction of sp³-hybridized carbons (Fsp3) is 0.364. The van der Waals surface area contributed by atoms with E-state index < -0.39 is 0 Å². The molecule has 0 saturated carbocycles. The highest BCUT2D eigenvalue weighted by Crippen LogP contribution is 2.26. The van der Waals surface area contributed by atoms with E-state index in [1.54, 1.807) is 35.4 Å². The largest absolute Gasteiger partial charge is 0.480 e. The van der Waals surface area contributed by atoms with Crippen molar-refractivity contribution < 1.29 is 14.3 Å². The molecule has 1 atom stereocenters. The normalized spacial score (nSPS) is 15.8. The summed E-state index contributed by atoms with van der Waals surface area (Å²) in [4.78, 5) is 37.2. The zero-order chi connectivity index (χ0) is 24.0. The minimum Gasteiger partial charge on any atom is -0.480 e. The minimum absolute atomic E-state index is 0.0165. The van der Waals surface area contributed by atoms with E-state index in [0.717, 1.165) is 6.42 Å². The smallest absolute Gasteiger partial charge is 0.253 e. The lowest BCUT2D eigenvalue weighted by Crippen LogP contribution is -2.31. The first-order valence-electron chi connectivity index (χ1n) is 10.3. The van der Waals surface area contributed by atoms with Crippen LogP contribution in [0.1, 0.15) is 16.8 Å². The lowest BCUT2D eigenvalue weighted by Gasteiger charge is -2.18. The first-order chi connectivity index (χ1) is 15.8. The Morgan fingerprint density at radius 1 is 1.39 bits per heavy atom. The van der Waals surface area contributed by atoms with Crippen molar-refractivity contribution in [1.82, 2.24) is 19.8 Å². The van der Waals surface area contributed by atoms with Gasteiger partial charge in [0.15, 0.2) is 0 Å². The molecule has 1 aliphatic rings. The maximum atomic E-state index is 13.0. The van der Waals surface area contributed by atoms with Gasteiger partial charge in [-0.25, -0.2) is 4.98 Å². The molecule has 2 N–H and O–H groups in total. The average molecular weight is 538 g/mol. The summed E-state index contributed by atoms with van der Waals surface area (Å²) in [6.45, 7) is 1.76. The second-order valence-corrected chi connectivity index (χ2v) is 9.04. The quantitative estimate of drug-likeness (QED) is 0.499. The number of hydrogen-bond acceptors (Lipinski definition) is 7. The number of benzene rings is 1. The SMILES string of the molecule is COc1nc(N[C@@H]2CCN(C(=O)c3ccc(NC(=O)/C=C/CN(C)C)c(Cl)c3)C2)ncc1Br. The van der Waals surface area contributed by atoms with E-state index in [0.29, 0.717) is 52.2 Å². The highest BCUT2D eigenvalue weighted by molar-refractivity contribution is 9.10. The molecule has 0 spiro atoms. The molecule has 0 radical (unpaired) electrons. The van der Waals surface area contributed by atoms with Crippen LogP contribution in [-0.4, -0.2) is 78.5 Å². The predicted octanol–water partition coefficient (Wildman–Crippen LogP) is 3.28. The minimum atomic E-state index is -0.280. The van der Waals surface area contributed by atoms with Gasteiger partial charge in [-0.3, -0.25) is 9.59 Å². The zero-order valence-electron chi connectivity index (χ0n) is 18.6. The number of likely N-dealkylation sites (N-methyl/N-ethyl adjacent to an activating group) is 1. The van der Waals surface area contributed by atoms with Crippen LogP contribution in [0.15, 0.2) is 41.0 Å². The number of aromatic nitrogens is 2. The fourth-order valence-electron chi connectivity index (χ4n) is 3.29. The maximum Gasteiger partial charge on any atom is 0.253 e. The van der Waals surface area contributed by atoms with Crippen LogP contribution in [-0.2, 0) is 4.79 Å². The van der Waals surface area contributed by atoms with Crippen molar-refractivity contribution in [1.29, 1.82) is 0 Å². The van der Waals surface area contributed by atoms with E-state index in [1.165, 1.54) is 13.2 Å². The number of carbonyl (C=O) groups excluding carboxylic acids is 2. The summed E-state index contributed by atoms with van der Waals surface area (Å²) in [5, 5.41) is 6.28. The molecule has 0 unspecified atom stereocenters. The van der Waals surface area contributed by atoms with Crippen molar-refractivity contribution in [2.24, 2.45) is 0 Å². The molecule has 2 aromatic rings. The molecule has 1 fully saturated rings. The van der Waals surface area contributed by atoms with Gasteiger partial charge in [-0.05, 0) is 54.6 Å². The highest BCUT2D eigenvalue weighted by Gasteiger charge is 2.28. The molecule has 1 saturated heterocycles. The average Bonchev–Trinajstić information content (AvgIpc) is 3.24. The van der Waals surface area contributed by atoms with E-state index in [-0.39, 0.29) is 17.9 Å². The Balaban J connectivity index is 1.58. The third-order valence-electron chi connectivity index (χ3n) is 4.93. The van der Waals surface area contributed by atoms with Gasteiger partial charge < -0.3 is 25.2 Å². The molecule has 9 nitrogen and oxygen atoms in total. The third kappa shape index (κ3) is 6.89. The number of carbonyl (C=O) groups is 2. The van der Waals surface area contributed by atoms with Gasteiger partial charge in [0.1, 0.15) is 0 Å². The van der Waals surface area contributed by atoms with Crippen LogP contribution in [0.4, 0.5) is 11.6 Å². The fourth-order valence-corrected chi connectivity index (χ4v) is 3.87. The summed E-state index contributed by atoms with van der Waals surface area (Å²) < 4.78 is 5.86.